The first-order chi connectivity index (χ1) is 9.92. The van der Waals surface area contributed by atoms with Gasteiger partial charge in [-0.05, 0) is 37.1 Å². The summed E-state index contributed by atoms with van der Waals surface area (Å²) in [6.07, 6.45) is 9.44. The molecular weight excluding hydrogens is 244 g/mol. The fourth-order valence-corrected chi connectivity index (χ4v) is 3.05. The molecule has 0 radical (unpaired) electrons. The highest BCUT2D eigenvalue weighted by Gasteiger charge is 2.16. The van der Waals surface area contributed by atoms with Gasteiger partial charge in [-0.15, -0.1) is 0 Å². The van der Waals surface area contributed by atoms with Crippen molar-refractivity contribution >= 4 is 0 Å². The molecule has 20 heavy (non-hydrogen) atoms. The third kappa shape index (κ3) is 4.92. The molecule has 0 saturated carbocycles. The van der Waals surface area contributed by atoms with Crippen LogP contribution in [0.1, 0.15) is 69.0 Å². The van der Waals surface area contributed by atoms with Crippen LogP contribution in [0.15, 0.2) is 24.3 Å². The molecule has 2 N–H and O–H groups in total. The van der Waals surface area contributed by atoms with Gasteiger partial charge in [0.1, 0.15) is 0 Å². The molecule has 0 aliphatic carbocycles. The molecule has 1 unspecified atom stereocenters. The number of hydrogen-bond acceptors (Lipinski definition) is 2. The van der Waals surface area contributed by atoms with E-state index in [1.807, 2.05) is 0 Å². The van der Waals surface area contributed by atoms with Crippen LogP contribution < -0.4 is 10.6 Å². The lowest BCUT2D eigenvalue weighted by Crippen LogP contribution is -2.24. The average molecular weight is 274 g/mol. The summed E-state index contributed by atoms with van der Waals surface area (Å²) in [5.41, 5.74) is 2.97. The summed E-state index contributed by atoms with van der Waals surface area (Å²) in [4.78, 5) is 0. The quantitative estimate of drug-likeness (QED) is 0.695. The summed E-state index contributed by atoms with van der Waals surface area (Å²) < 4.78 is 0. The SMILES string of the molecule is CCCCCCCCNC1CCNCc2ccccc21. The zero-order chi connectivity index (χ0) is 14.0. The van der Waals surface area contributed by atoms with Crippen molar-refractivity contribution in [2.75, 3.05) is 13.1 Å². The molecule has 0 bridgehead atoms. The molecule has 0 fully saturated rings. The molecule has 2 nitrogen and oxygen atoms in total. The number of benzene rings is 1. The standard InChI is InChI=1S/C18H30N2/c1-2-3-4-5-6-9-13-20-18-12-14-19-15-16-10-7-8-11-17(16)18/h7-8,10-11,18-20H,2-6,9,12-15H2,1H3. The van der Waals surface area contributed by atoms with Crippen LogP contribution in [0.5, 0.6) is 0 Å². The molecule has 1 heterocycles. The van der Waals surface area contributed by atoms with E-state index in [1.54, 1.807) is 0 Å². The first-order valence-electron chi connectivity index (χ1n) is 8.43. The topological polar surface area (TPSA) is 24.1 Å². The maximum Gasteiger partial charge on any atom is 0.0335 e. The molecule has 0 aromatic heterocycles. The second-order valence-electron chi connectivity index (χ2n) is 5.94. The predicted molar refractivity (Wildman–Crippen MR) is 86.9 cm³/mol. The Morgan fingerprint density at radius 2 is 1.90 bits per heavy atom. The van der Waals surface area contributed by atoms with E-state index in [0.717, 1.165) is 19.6 Å². The zero-order valence-corrected chi connectivity index (χ0v) is 13.0. The largest absolute Gasteiger partial charge is 0.313 e. The average Bonchev–Trinajstić information content (AvgIpc) is 2.69. The third-order valence-electron chi connectivity index (χ3n) is 4.28. The van der Waals surface area contributed by atoms with Gasteiger partial charge in [-0.3, -0.25) is 0 Å². The Bertz CT molecular complexity index is 375. The molecular formula is C18H30N2. The van der Waals surface area contributed by atoms with Gasteiger partial charge in [0, 0.05) is 12.6 Å². The van der Waals surface area contributed by atoms with Crippen molar-refractivity contribution in [2.45, 2.75) is 64.5 Å². The van der Waals surface area contributed by atoms with Gasteiger partial charge in [0.2, 0.25) is 0 Å². The molecule has 1 aromatic carbocycles. The van der Waals surface area contributed by atoms with E-state index in [0.29, 0.717) is 6.04 Å². The Morgan fingerprint density at radius 1 is 1.10 bits per heavy atom. The van der Waals surface area contributed by atoms with Crippen LogP contribution in [0.2, 0.25) is 0 Å². The molecule has 2 rings (SSSR count). The van der Waals surface area contributed by atoms with Crippen molar-refractivity contribution in [3.05, 3.63) is 35.4 Å². The second kappa shape index (κ2) is 9.15. The summed E-state index contributed by atoms with van der Waals surface area (Å²) in [7, 11) is 0. The highest BCUT2D eigenvalue weighted by Crippen LogP contribution is 2.23. The van der Waals surface area contributed by atoms with Crippen LogP contribution in [-0.2, 0) is 6.54 Å². The van der Waals surface area contributed by atoms with Crippen molar-refractivity contribution in [2.24, 2.45) is 0 Å². The Kier molecular flexibility index (Phi) is 7.10. The summed E-state index contributed by atoms with van der Waals surface area (Å²) in [6.45, 7) is 5.57. The number of nitrogens with one attached hydrogen (secondary N) is 2. The van der Waals surface area contributed by atoms with Crippen LogP contribution >= 0.6 is 0 Å². The minimum atomic E-state index is 0.539. The van der Waals surface area contributed by atoms with Crippen molar-refractivity contribution in [3.63, 3.8) is 0 Å². The molecule has 1 aliphatic rings. The maximum absolute atomic E-state index is 3.77. The lowest BCUT2D eigenvalue weighted by molar-refractivity contribution is 0.477. The molecule has 1 atom stereocenters. The van der Waals surface area contributed by atoms with Crippen LogP contribution in [0.3, 0.4) is 0 Å². The molecule has 2 heteroatoms. The molecule has 1 aromatic rings. The Hall–Kier alpha value is -0.860. The number of rotatable bonds is 8. The van der Waals surface area contributed by atoms with Gasteiger partial charge in [-0.2, -0.15) is 0 Å². The van der Waals surface area contributed by atoms with Crippen molar-refractivity contribution in [1.29, 1.82) is 0 Å². The molecule has 112 valence electrons. The number of fused-ring (bicyclic) bond motifs is 1. The fourth-order valence-electron chi connectivity index (χ4n) is 3.05. The van der Waals surface area contributed by atoms with Crippen LogP contribution in [0, 0.1) is 0 Å². The van der Waals surface area contributed by atoms with Crippen LogP contribution in [-0.4, -0.2) is 13.1 Å². The van der Waals surface area contributed by atoms with Crippen molar-refractivity contribution < 1.29 is 0 Å². The number of unbranched alkanes of at least 4 members (excludes halogenated alkanes) is 5. The molecule has 0 amide bonds. The lowest BCUT2D eigenvalue weighted by atomic mass is 9.99. The van der Waals surface area contributed by atoms with E-state index in [9.17, 15) is 0 Å². The van der Waals surface area contributed by atoms with Gasteiger partial charge in [-0.1, -0.05) is 63.3 Å². The van der Waals surface area contributed by atoms with E-state index < -0.39 is 0 Å². The minimum absolute atomic E-state index is 0.539. The maximum atomic E-state index is 3.77. The summed E-state index contributed by atoms with van der Waals surface area (Å²) in [5.74, 6) is 0. The fraction of sp³-hybridized carbons (Fsp3) is 0.667. The van der Waals surface area contributed by atoms with E-state index >= 15 is 0 Å². The Balaban J connectivity index is 1.72. The summed E-state index contributed by atoms with van der Waals surface area (Å²) >= 11 is 0. The van der Waals surface area contributed by atoms with E-state index in [1.165, 1.54) is 56.1 Å². The van der Waals surface area contributed by atoms with E-state index in [-0.39, 0.29) is 0 Å². The molecule has 0 spiro atoms. The van der Waals surface area contributed by atoms with E-state index in [2.05, 4.69) is 41.8 Å². The predicted octanol–water partition coefficient (Wildman–Crippen LogP) is 4.17. The van der Waals surface area contributed by atoms with Gasteiger partial charge in [0.15, 0.2) is 0 Å². The van der Waals surface area contributed by atoms with E-state index in [4.69, 9.17) is 0 Å². The third-order valence-corrected chi connectivity index (χ3v) is 4.28. The molecule has 1 aliphatic heterocycles. The van der Waals surface area contributed by atoms with Gasteiger partial charge < -0.3 is 10.6 Å². The highest BCUT2D eigenvalue weighted by molar-refractivity contribution is 5.30. The normalized spacial score (nSPS) is 18.6. The van der Waals surface area contributed by atoms with Gasteiger partial charge in [0.25, 0.3) is 0 Å². The summed E-state index contributed by atoms with van der Waals surface area (Å²) in [5, 5.41) is 7.29. The molecule has 0 saturated heterocycles. The highest BCUT2D eigenvalue weighted by atomic mass is 14.9. The van der Waals surface area contributed by atoms with Gasteiger partial charge in [-0.25, -0.2) is 0 Å². The lowest BCUT2D eigenvalue weighted by Gasteiger charge is -2.19. The monoisotopic (exact) mass is 274 g/mol. The second-order valence-corrected chi connectivity index (χ2v) is 5.94. The zero-order valence-electron chi connectivity index (χ0n) is 13.0. The van der Waals surface area contributed by atoms with Gasteiger partial charge in [0.05, 0.1) is 0 Å². The van der Waals surface area contributed by atoms with Gasteiger partial charge >= 0.3 is 0 Å². The first-order valence-corrected chi connectivity index (χ1v) is 8.43. The van der Waals surface area contributed by atoms with Crippen molar-refractivity contribution in [3.8, 4) is 0 Å². The van der Waals surface area contributed by atoms with Crippen LogP contribution in [0.4, 0.5) is 0 Å². The van der Waals surface area contributed by atoms with Crippen LogP contribution in [0.25, 0.3) is 0 Å². The Morgan fingerprint density at radius 3 is 2.80 bits per heavy atom. The minimum Gasteiger partial charge on any atom is -0.313 e. The smallest absolute Gasteiger partial charge is 0.0335 e. The first kappa shape index (κ1) is 15.5. The van der Waals surface area contributed by atoms with Crippen molar-refractivity contribution in [1.82, 2.24) is 10.6 Å². The summed E-state index contributed by atoms with van der Waals surface area (Å²) in [6, 6.07) is 9.41. The number of hydrogen-bond donors (Lipinski definition) is 2. The Labute approximate surface area is 124 Å².